The van der Waals surface area contributed by atoms with Gasteiger partial charge in [-0.15, -0.1) is 11.3 Å². The van der Waals surface area contributed by atoms with Crippen LogP contribution >= 0.6 is 11.3 Å². The predicted octanol–water partition coefficient (Wildman–Crippen LogP) is 1.81. The molecule has 4 rings (SSSR count). The first-order chi connectivity index (χ1) is 11.8. The van der Waals surface area contributed by atoms with E-state index in [2.05, 4.69) is 20.0 Å². The van der Waals surface area contributed by atoms with Crippen LogP contribution in [0.1, 0.15) is 31.7 Å². The molecule has 2 fully saturated rings. The molecule has 2 atom stereocenters. The topological polar surface area (TPSA) is 67.2 Å². The summed E-state index contributed by atoms with van der Waals surface area (Å²) in [7, 11) is 0. The number of carbonyl (C=O) groups excluding carboxylic acids is 1. The van der Waals surface area contributed by atoms with Gasteiger partial charge in [0.15, 0.2) is 5.13 Å². The number of nitrogens with zero attached hydrogens (tertiary/aromatic N) is 6. The number of hydrogen-bond donors (Lipinski definition) is 0. The third-order valence-electron chi connectivity index (χ3n) is 4.98. The van der Waals surface area contributed by atoms with Crippen molar-refractivity contribution in [3.63, 3.8) is 0 Å². The van der Waals surface area contributed by atoms with Crippen LogP contribution in [0.25, 0.3) is 0 Å². The minimum Gasteiger partial charge on any atom is -0.347 e. The number of piperidine rings is 2. The third-order valence-corrected chi connectivity index (χ3v) is 5.81. The Kier molecular flexibility index (Phi) is 4.46. The van der Waals surface area contributed by atoms with Gasteiger partial charge in [-0.25, -0.2) is 14.6 Å². The lowest BCUT2D eigenvalue weighted by Gasteiger charge is -2.38. The van der Waals surface area contributed by atoms with Crippen molar-refractivity contribution in [2.24, 2.45) is 5.92 Å². The highest BCUT2D eigenvalue weighted by atomic mass is 32.1. The molecule has 2 aliphatic heterocycles. The van der Waals surface area contributed by atoms with Crippen LogP contribution in [0.3, 0.4) is 0 Å². The van der Waals surface area contributed by atoms with Crippen molar-refractivity contribution in [1.82, 2.24) is 24.6 Å². The normalized spacial score (nSPS) is 25.0. The fourth-order valence-electron chi connectivity index (χ4n) is 3.76. The summed E-state index contributed by atoms with van der Waals surface area (Å²) in [6, 6.07) is 0.254. The number of aromatic nitrogens is 4. The first-order valence-corrected chi connectivity index (χ1v) is 9.46. The van der Waals surface area contributed by atoms with Gasteiger partial charge in [-0.3, -0.25) is 4.79 Å². The van der Waals surface area contributed by atoms with Crippen molar-refractivity contribution >= 4 is 22.4 Å². The second-order valence-electron chi connectivity index (χ2n) is 6.56. The summed E-state index contributed by atoms with van der Waals surface area (Å²) in [4.78, 5) is 25.7. The summed E-state index contributed by atoms with van der Waals surface area (Å²) in [6.07, 6.45) is 9.26. The van der Waals surface area contributed by atoms with Gasteiger partial charge in [-0.1, -0.05) is 0 Å². The zero-order valence-electron chi connectivity index (χ0n) is 13.6. The average Bonchev–Trinajstić information content (AvgIpc) is 3.35. The molecular formula is C16H22N6OS. The molecular weight excluding hydrogens is 324 g/mol. The SMILES string of the molecule is O=C([C@@H]1CCCN(c2nccs2)C1)N1CCC[C@@H](n2cncn2)C1. The van der Waals surface area contributed by atoms with Crippen LogP contribution in [0.5, 0.6) is 0 Å². The van der Waals surface area contributed by atoms with E-state index in [4.69, 9.17) is 0 Å². The van der Waals surface area contributed by atoms with Crippen molar-refractivity contribution in [3.05, 3.63) is 24.2 Å². The maximum atomic E-state index is 13.0. The Morgan fingerprint density at radius 2 is 2.12 bits per heavy atom. The molecule has 128 valence electrons. The lowest BCUT2D eigenvalue weighted by atomic mass is 9.95. The Hall–Kier alpha value is -1.96. The molecule has 1 amide bonds. The van der Waals surface area contributed by atoms with E-state index in [1.807, 2.05) is 21.2 Å². The van der Waals surface area contributed by atoms with Gasteiger partial charge in [-0.05, 0) is 25.7 Å². The smallest absolute Gasteiger partial charge is 0.227 e. The number of carbonyl (C=O) groups is 1. The average molecular weight is 346 g/mol. The molecule has 2 aromatic heterocycles. The molecule has 0 saturated carbocycles. The van der Waals surface area contributed by atoms with E-state index < -0.39 is 0 Å². The Morgan fingerprint density at radius 3 is 2.92 bits per heavy atom. The van der Waals surface area contributed by atoms with Crippen molar-refractivity contribution in [2.45, 2.75) is 31.7 Å². The first-order valence-electron chi connectivity index (χ1n) is 8.58. The monoisotopic (exact) mass is 346 g/mol. The summed E-state index contributed by atoms with van der Waals surface area (Å²) < 4.78 is 1.89. The number of hydrogen-bond acceptors (Lipinski definition) is 6. The van der Waals surface area contributed by atoms with E-state index in [9.17, 15) is 4.79 Å². The predicted molar refractivity (Wildman–Crippen MR) is 91.9 cm³/mol. The van der Waals surface area contributed by atoms with Gasteiger partial charge in [0.1, 0.15) is 12.7 Å². The molecule has 7 nitrogen and oxygen atoms in total. The molecule has 24 heavy (non-hydrogen) atoms. The maximum Gasteiger partial charge on any atom is 0.227 e. The Morgan fingerprint density at radius 1 is 1.21 bits per heavy atom. The number of rotatable bonds is 3. The van der Waals surface area contributed by atoms with E-state index in [0.29, 0.717) is 5.91 Å². The van der Waals surface area contributed by atoms with Crippen LogP contribution in [-0.2, 0) is 4.79 Å². The molecule has 2 aromatic rings. The van der Waals surface area contributed by atoms with Crippen LogP contribution in [0.4, 0.5) is 5.13 Å². The van der Waals surface area contributed by atoms with Crippen LogP contribution in [0.2, 0.25) is 0 Å². The lowest BCUT2D eigenvalue weighted by molar-refractivity contribution is -0.137. The van der Waals surface area contributed by atoms with E-state index in [1.54, 1.807) is 24.0 Å². The largest absolute Gasteiger partial charge is 0.347 e. The van der Waals surface area contributed by atoms with Crippen molar-refractivity contribution in [1.29, 1.82) is 0 Å². The summed E-state index contributed by atoms with van der Waals surface area (Å²) in [5.74, 6) is 0.373. The second-order valence-corrected chi connectivity index (χ2v) is 7.43. The van der Waals surface area contributed by atoms with Gasteiger partial charge >= 0.3 is 0 Å². The van der Waals surface area contributed by atoms with Gasteiger partial charge in [0.2, 0.25) is 5.91 Å². The van der Waals surface area contributed by atoms with Crippen molar-refractivity contribution < 1.29 is 4.79 Å². The Balaban J connectivity index is 1.41. The van der Waals surface area contributed by atoms with Gasteiger partial charge < -0.3 is 9.80 Å². The molecule has 4 heterocycles. The molecule has 8 heteroatoms. The molecule has 0 N–H and O–H groups in total. The number of amides is 1. The minimum absolute atomic E-state index is 0.0807. The zero-order valence-corrected chi connectivity index (χ0v) is 14.4. The van der Waals surface area contributed by atoms with Gasteiger partial charge in [0.25, 0.3) is 0 Å². The van der Waals surface area contributed by atoms with Crippen LogP contribution in [0.15, 0.2) is 24.2 Å². The van der Waals surface area contributed by atoms with Gasteiger partial charge in [0.05, 0.1) is 12.0 Å². The van der Waals surface area contributed by atoms with E-state index in [-0.39, 0.29) is 12.0 Å². The number of thiazole rings is 1. The molecule has 0 aliphatic carbocycles. The molecule has 0 spiro atoms. The molecule has 0 bridgehead atoms. The Labute approximate surface area is 145 Å². The molecule has 2 saturated heterocycles. The van der Waals surface area contributed by atoms with Gasteiger partial charge in [-0.2, -0.15) is 5.10 Å². The standard InChI is InChI=1S/C16H22N6OS/c23-15(13-3-1-7-21(9-13)16-18-5-8-24-16)20-6-2-4-14(10-20)22-12-17-11-19-22/h5,8,11-14H,1-4,6-7,9-10H2/t13-,14-/m1/s1. The number of anilines is 1. The highest BCUT2D eigenvalue weighted by Gasteiger charge is 2.33. The van der Waals surface area contributed by atoms with E-state index >= 15 is 0 Å². The number of likely N-dealkylation sites (tertiary alicyclic amines) is 1. The van der Waals surface area contributed by atoms with Gasteiger partial charge in [0, 0.05) is 37.8 Å². The minimum atomic E-state index is 0.0807. The fourth-order valence-corrected chi connectivity index (χ4v) is 4.44. The third kappa shape index (κ3) is 3.15. The van der Waals surface area contributed by atoms with Crippen LogP contribution in [0, 0.1) is 5.92 Å². The highest BCUT2D eigenvalue weighted by Crippen LogP contribution is 2.28. The molecule has 0 unspecified atom stereocenters. The lowest BCUT2D eigenvalue weighted by Crippen LogP contribution is -2.48. The van der Waals surface area contributed by atoms with Crippen LogP contribution in [-0.4, -0.2) is 56.7 Å². The second kappa shape index (κ2) is 6.88. The van der Waals surface area contributed by atoms with E-state index in [0.717, 1.165) is 57.0 Å². The molecule has 0 radical (unpaired) electrons. The summed E-state index contributed by atoms with van der Waals surface area (Å²) in [6.45, 7) is 3.39. The zero-order chi connectivity index (χ0) is 16.4. The fraction of sp³-hybridized carbons (Fsp3) is 0.625. The van der Waals surface area contributed by atoms with Crippen molar-refractivity contribution in [3.8, 4) is 0 Å². The Bertz CT molecular complexity index is 602. The summed E-state index contributed by atoms with van der Waals surface area (Å²) in [5.41, 5.74) is 0. The quantitative estimate of drug-likeness (QED) is 0.848. The maximum absolute atomic E-state index is 13.0. The molecule has 0 aromatic carbocycles. The summed E-state index contributed by atoms with van der Waals surface area (Å²) in [5, 5.41) is 7.27. The van der Waals surface area contributed by atoms with Crippen molar-refractivity contribution in [2.75, 3.05) is 31.1 Å². The molecule has 2 aliphatic rings. The summed E-state index contributed by atoms with van der Waals surface area (Å²) >= 11 is 1.65. The highest BCUT2D eigenvalue weighted by molar-refractivity contribution is 7.13. The van der Waals surface area contributed by atoms with Crippen LogP contribution < -0.4 is 4.90 Å². The first kappa shape index (κ1) is 15.6. The van der Waals surface area contributed by atoms with E-state index in [1.165, 1.54) is 0 Å².